The van der Waals surface area contributed by atoms with Gasteiger partial charge in [0, 0.05) is 0 Å². The van der Waals surface area contributed by atoms with Crippen molar-refractivity contribution in [2.45, 2.75) is 62.2 Å². The molecule has 0 heterocycles. The van der Waals surface area contributed by atoms with Crippen LogP contribution in [-0.4, -0.2) is 62.2 Å². The van der Waals surface area contributed by atoms with Crippen molar-refractivity contribution >= 4 is 58.0 Å². The maximum absolute atomic E-state index is 14.3. The van der Waals surface area contributed by atoms with E-state index in [9.17, 15) is 92.2 Å². The summed E-state index contributed by atoms with van der Waals surface area (Å²) in [7, 11) is 0. The predicted octanol–water partition coefficient (Wildman–Crippen LogP) is 10.3. The maximum atomic E-state index is 14.3. The molecule has 0 rings (SSSR count). The lowest BCUT2D eigenvalue weighted by Gasteiger charge is -2.48. The summed E-state index contributed by atoms with van der Waals surface area (Å²) in [4.78, 5) is 0. The van der Waals surface area contributed by atoms with E-state index in [1.54, 1.807) is 0 Å². The highest BCUT2D eigenvalue weighted by Gasteiger charge is 2.97. The molecule has 0 N–H and O–H groups in total. The lowest BCUT2D eigenvalue weighted by Crippen LogP contribution is -2.78. The highest BCUT2D eigenvalue weighted by Crippen LogP contribution is 2.70. The quantitative estimate of drug-likeness (QED) is 0.164. The van der Waals surface area contributed by atoms with Crippen LogP contribution in [0.5, 0.6) is 0 Å². The van der Waals surface area contributed by atoms with Gasteiger partial charge in [-0.15, -0.1) is 0 Å². The summed E-state index contributed by atoms with van der Waals surface area (Å²) in [5, 5.41) is -18.2. The molecule has 234 valence electrons. The normalized spacial score (nSPS) is 18.9. The number of halogens is 26. The highest BCUT2D eigenvalue weighted by molar-refractivity contribution is 6.50. The van der Waals surface area contributed by atoms with E-state index in [0.29, 0.717) is 0 Å². The standard InChI is InChI=1S/C13Cl5F21/c14-1(2(19)20)3(21,22)6(17,24)7(18,25)11(32,33)10(30,31)5(15,16)9(28,29)8(26,27)4(23,12(34,35)36)13(37,38)39. The molecule has 2 unspecified atom stereocenters. The summed E-state index contributed by atoms with van der Waals surface area (Å²) in [6.07, 6.45) is -20.6. The molecule has 0 aromatic carbocycles. The fraction of sp³-hybridized carbons (Fsp3) is 0.846. The van der Waals surface area contributed by atoms with E-state index in [1.165, 1.54) is 0 Å². The van der Waals surface area contributed by atoms with Gasteiger partial charge in [0.25, 0.3) is 10.4 Å². The van der Waals surface area contributed by atoms with Crippen LogP contribution in [0.1, 0.15) is 0 Å². The van der Waals surface area contributed by atoms with E-state index < -0.39 is 73.3 Å². The molecular weight excluding hydrogens is 732 g/mol. The van der Waals surface area contributed by atoms with Crippen LogP contribution >= 0.6 is 58.0 Å². The minimum atomic E-state index is -8.84. The lowest BCUT2D eigenvalue weighted by atomic mass is 9.85. The zero-order valence-corrected chi connectivity index (χ0v) is 20.1. The summed E-state index contributed by atoms with van der Waals surface area (Å²) < 4.78 is 274. The van der Waals surface area contributed by atoms with E-state index in [-0.39, 0.29) is 0 Å². The fourth-order valence-electron chi connectivity index (χ4n) is 2.17. The minimum absolute atomic E-state index is 3.71. The van der Waals surface area contributed by atoms with Crippen LogP contribution in [0.15, 0.2) is 11.1 Å². The molecule has 26 heteroatoms. The summed E-state index contributed by atoms with van der Waals surface area (Å²) in [5.41, 5.74) is -8.69. The Bertz CT molecular complexity index is 940. The second kappa shape index (κ2) is 9.89. The van der Waals surface area contributed by atoms with Gasteiger partial charge in [-0.25, -0.2) is 13.2 Å². The van der Waals surface area contributed by atoms with Crippen LogP contribution < -0.4 is 0 Å². The minimum Gasteiger partial charge on any atom is -0.216 e. The van der Waals surface area contributed by atoms with Gasteiger partial charge in [0.2, 0.25) is 0 Å². The second-order valence-electron chi connectivity index (χ2n) is 6.82. The monoisotopic (exact) mass is 730 g/mol. The second-order valence-corrected chi connectivity index (χ2v) is 9.57. The first kappa shape index (κ1) is 38.7. The van der Waals surface area contributed by atoms with Gasteiger partial charge < -0.3 is 0 Å². The smallest absolute Gasteiger partial charge is 0.216 e. The van der Waals surface area contributed by atoms with Crippen molar-refractivity contribution in [2.75, 3.05) is 0 Å². The number of hydrogen-bond acceptors (Lipinski definition) is 0. The Labute approximate surface area is 223 Å². The number of alkyl halides is 23. The largest absolute Gasteiger partial charge is 0.438 e. The van der Waals surface area contributed by atoms with Crippen LogP contribution in [0, 0.1) is 0 Å². The van der Waals surface area contributed by atoms with Crippen molar-refractivity contribution in [1.29, 1.82) is 0 Å². The molecule has 0 aromatic heterocycles. The number of rotatable bonds is 9. The van der Waals surface area contributed by atoms with Gasteiger partial charge in [0.15, 0.2) is 5.03 Å². The molecule has 39 heavy (non-hydrogen) atoms. The summed E-state index contributed by atoms with van der Waals surface area (Å²) >= 11 is 19.6. The Morgan fingerprint density at radius 3 is 0.949 bits per heavy atom. The van der Waals surface area contributed by atoms with Gasteiger partial charge in [-0.1, -0.05) is 58.0 Å². The summed E-state index contributed by atoms with van der Waals surface area (Å²) in [6, 6.07) is 0. The van der Waals surface area contributed by atoms with Gasteiger partial charge in [0.1, 0.15) is 0 Å². The molecule has 0 saturated carbocycles. The average Bonchev–Trinajstić information content (AvgIpc) is 2.69. The molecule has 0 bridgehead atoms. The van der Waals surface area contributed by atoms with Gasteiger partial charge in [0.05, 0.1) is 0 Å². The molecule has 0 radical (unpaired) electrons. The van der Waals surface area contributed by atoms with Gasteiger partial charge >= 0.3 is 57.9 Å². The van der Waals surface area contributed by atoms with Crippen LogP contribution in [-0.2, 0) is 0 Å². The topological polar surface area (TPSA) is 0 Å². The first-order valence-corrected chi connectivity index (χ1v) is 9.80. The Kier molecular flexibility index (Phi) is 9.82. The van der Waals surface area contributed by atoms with Crippen molar-refractivity contribution in [2.24, 2.45) is 0 Å². The van der Waals surface area contributed by atoms with Crippen LogP contribution in [0.25, 0.3) is 0 Å². The summed E-state index contributed by atoms with van der Waals surface area (Å²) in [6.45, 7) is 0. The van der Waals surface area contributed by atoms with Gasteiger partial charge in [-0.05, 0) is 0 Å². The molecule has 0 aliphatic heterocycles. The SMILES string of the molecule is FC(F)=C(Cl)C(F)(F)C(F)(Cl)C(F)(Cl)C(F)(F)C(F)(F)C(Cl)(Cl)C(F)(F)C(F)(F)C(F)(C(F)(F)F)C(F)(F)F. The van der Waals surface area contributed by atoms with Crippen molar-refractivity contribution in [3.05, 3.63) is 11.1 Å². The molecule has 0 fully saturated rings. The molecule has 0 aromatic rings. The summed E-state index contributed by atoms with van der Waals surface area (Å²) in [5.74, 6) is -40.9. The van der Waals surface area contributed by atoms with Gasteiger partial charge in [-0.3, -0.25) is 0 Å². The molecule has 0 saturated heterocycles. The van der Waals surface area contributed by atoms with E-state index in [1.807, 2.05) is 0 Å². The van der Waals surface area contributed by atoms with E-state index in [4.69, 9.17) is 0 Å². The van der Waals surface area contributed by atoms with Crippen molar-refractivity contribution in [1.82, 2.24) is 0 Å². The van der Waals surface area contributed by atoms with Crippen LogP contribution in [0.3, 0.4) is 0 Å². The maximum Gasteiger partial charge on any atom is 0.438 e. The zero-order chi connectivity index (χ0) is 32.7. The Morgan fingerprint density at radius 2 is 0.692 bits per heavy atom. The highest BCUT2D eigenvalue weighted by atomic mass is 35.5. The molecule has 0 amide bonds. The van der Waals surface area contributed by atoms with E-state index in [0.717, 1.165) is 0 Å². The zero-order valence-electron chi connectivity index (χ0n) is 16.3. The Balaban J connectivity index is 7.48. The van der Waals surface area contributed by atoms with Crippen molar-refractivity contribution in [3.8, 4) is 0 Å². The van der Waals surface area contributed by atoms with Crippen molar-refractivity contribution < 1.29 is 92.2 Å². The molecule has 0 nitrogen and oxygen atoms in total. The Morgan fingerprint density at radius 1 is 0.410 bits per heavy atom. The third-order valence-corrected chi connectivity index (χ3v) is 6.84. The first-order valence-electron chi connectivity index (χ1n) is 7.91. The number of allylic oxidation sites excluding steroid dienone is 1. The third-order valence-electron chi connectivity index (χ3n) is 4.42. The molecular formula is C13Cl5F21. The van der Waals surface area contributed by atoms with E-state index in [2.05, 4.69) is 58.0 Å². The average molecular weight is 732 g/mol. The number of hydrogen-bond donors (Lipinski definition) is 0. The predicted molar refractivity (Wildman–Crippen MR) is 89.6 cm³/mol. The molecule has 0 aliphatic rings. The fourth-order valence-corrected chi connectivity index (χ4v) is 3.28. The molecule has 0 spiro atoms. The van der Waals surface area contributed by atoms with Crippen molar-refractivity contribution in [3.63, 3.8) is 0 Å². The lowest BCUT2D eigenvalue weighted by molar-refractivity contribution is -0.434. The van der Waals surface area contributed by atoms with Gasteiger partial charge in [-0.2, -0.15) is 79.0 Å². The van der Waals surface area contributed by atoms with Crippen LogP contribution in [0.4, 0.5) is 92.2 Å². The molecule has 2 atom stereocenters. The molecule has 0 aliphatic carbocycles. The Hall–Kier alpha value is -0.280. The third kappa shape index (κ3) is 4.84. The van der Waals surface area contributed by atoms with E-state index >= 15 is 0 Å². The first-order chi connectivity index (χ1) is 16.4. The van der Waals surface area contributed by atoms with Crippen LogP contribution in [0.2, 0.25) is 0 Å².